The van der Waals surface area contributed by atoms with Crippen LogP contribution in [0.5, 0.6) is 0 Å². The number of amides is 2. The van der Waals surface area contributed by atoms with Crippen LogP contribution in [0.15, 0.2) is 42.9 Å². The molecule has 1 N–H and O–H groups in total. The molecule has 0 spiro atoms. The second kappa shape index (κ2) is 10.5. The molecule has 0 atom stereocenters. The standard InChI is InChI=1S/C23H28N6O3.C2H6/c1-16-5-7-20-25-18(15-29(20)14-16)26-21(30)17-6-8-19(24-13-17)27-9-11-28(12-10-27)22(31)32-23(2,3)4;1-2/h5-8,13-15H,9-12H2,1-4H3,(H,26,30);1-2H3. The first-order valence-electron chi connectivity index (χ1n) is 11.6. The molecule has 3 aromatic heterocycles. The second-order valence-corrected chi connectivity index (χ2v) is 8.91. The third kappa shape index (κ3) is 6.24. The van der Waals surface area contributed by atoms with Crippen LogP contribution in [-0.2, 0) is 4.74 Å². The van der Waals surface area contributed by atoms with Crippen molar-refractivity contribution in [3.8, 4) is 0 Å². The highest BCUT2D eigenvalue weighted by molar-refractivity contribution is 6.03. The molecule has 182 valence electrons. The molecular formula is C25H34N6O3. The molecule has 1 saturated heterocycles. The fourth-order valence-corrected chi connectivity index (χ4v) is 3.50. The first-order valence-corrected chi connectivity index (χ1v) is 11.6. The zero-order valence-corrected chi connectivity index (χ0v) is 20.8. The highest BCUT2D eigenvalue weighted by Gasteiger charge is 2.26. The Bertz CT molecular complexity index is 1130. The van der Waals surface area contributed by atoms with E-state index in [1.807, 2.05) is 70.3 Å². The molecule has 9 nitrogen and oxygen atoms in total. The van der Waals surface area contributed by atoms with Gasteiger partial charge in [0.05, 0.1) is 11.8 Å². The number of carbonyl (C=O) groups excluding carboxylic acids is 2. The Morgan fingerprint density at radius 2 is 1.71 bits per heavy atom. The Balaban J connectivity index is 0.00000158. The summed E-state index contributed by atoms with van der Waals surface area (Å²) >= 11 is 0. The summed E-state index contributed by atoms with van der Waals surface area (Å²) in [5.74, 6) is 0.996. The average Bonchev–Trinajstić information content (AvgIpc) is 3.20. The molecule has 1 aliphatic rings. The van der Waals surface area contributed by atoms with Crippen molar-refractivity contribution in [2.45, 2.75) is 47.1 Å². The highest BCUT2D eigenvalue weighted by atomic mass is 16.6. The lowest BCUT2D eigenvalue weighted by Crippen LogP contribution is -2.50. The molecule has 34 heavy (non-hydrogen) atoms. The molecule has 0 aliphatic carbocycles. The highest BCUT2D eigenvalue weighted by Crippen LogP contribution is 2.17. The lowest BCUT2D eigenvalue weighted by Gasteiger charge is -2.36. The van der Waals surface area contributed by atoms with Crippen molar-refractivity contribution in [3.63, 3.8) is 0 Å². The Morgan fingerprint density at radius 3 is 2.32 bits per heavy atom. The number of piperazine rings is 1. The van der Waals surface area contributed by atoms with E-state index in [1.165, 1.54) is 0 Å². The normalized spacial score (nSPS) is 13.8. The van der Waals surface area contributed by atoms with E-state index >= 15 is 0 Å². The van der Waals surface area contributed by atoms with Gasteiger partial charge in [0.2, 0.25) is 0 Å². The zero-order valence-electron chi connectivity index (χ0n) is 20.8. The van der Waals surface area contributed by atoms with Gasteiger partial charge in [0.25, 0.3) is 5.91 Å². The van der Waals surface area contributed by atoms with Crippen molar-refractivity contribution in [1.29, 1.82) is 0 Å². The van der Waals surface area contributed by atoms with Gasteiger partial charge in [0, 0.05) is 38.6 Å². The first-order chi connectivity index (χ1) is 16.2. The van der Waals surface area contributed by atoms with Crippen molar-refractivity contribution < 1.29 is 14.3 Å². The van der Waals surface area contributed by atoms with Gasteiger partial charge in [-0.3, -0.25) is 4.79 Å². The van der Waals surface area contributed by atoms with Crippen LogP contribution in [0.1, 0.15) is 50.5 Å². The van der Waals surface area contributed by atoms with Gasteiger partial charge in [-0.1, -0.05) is 19.9 Å². The number of fused-ring (bicyclic) bond motifs is 1. The number of ether oxygens (including phenoxy) is 1. The summed E-state index contributed by atoms with van der Waals surface area (Å²) in [4.78, 5) is 37.5. The molecular weight excluding hydrogens is 432 g/mol. The Hall–Kier alpha value is -3.62. The van der Waals surface area contributed by atoms with Crippen LogP contribution in [0, 0.1) is 6.92 Å². The number of nitrogens with zero attached hydrogens (tertiary/aromatic N) is 5. The lowest BCUT2D eigenvalue weighted by atomic mass is 10.2. The largest absolute Gasteiger partial charge is 0.444 e. The van der Waals surface area contributed by atoms with Gasteiger partial charge in [0.1, 0.15) is 17.1 Å². The van der Waals surface area contributed by atoms with E-state index in [-0.39, 0.29) is 12.0 Å². The zero-order chi connectivity index (χ0) is 24.9. The van der Waals surface area contributed by atoms with E-state index in [2.05, 4.69) is 20.2 Å². The lowest BCUT2D eigenvalue weighted by molar-refractivity contribution is 0.0240. The number of aryl methyl sites for hydroxylation is 1. The molecule has 3 aromatic rings. The Kier molecular flexibility index (Phi) is 7.75. The maximum absolute atomic E-state index is 12.6. The first kappa shape index (κ1) is 25.0. The van der Waals surface area contributed by atoms with Crippen LogP contribution in [0.25, 0.3) is 5.65 Å². The van der Waals surface area contributed by atoms with E-state index in [4.69, 9.17) is 4.74 Å². The van der Waals surface area contributed by atoms with E-state index in [0.29, 0.717) is 37.6 Å². The molecule has 0 bridgehead atoms. The number of hydrogen-bond donors (Lipinski definition) is 1. The van der Waals surface area contributed by atoms with Gasteiger partial charge in [-0.25, -0.2) is 14.8 Å². The third-order valence-electron chi connectivity index (χ3n) is 5.11. The summed E-state index contributed by atoms with van der Waals surface area (Å²) in [7, 11) is 0. The molecule has 4 heterocycles. The van der Waals surface area contributed by atoms with Gasteiger partial charge >= 0.3 is 6.09 Å². The number of anilines is 2. The summed E-state index contributed by atoms with van der Waals surface area (Å²) in [6, 6.07) is 7.46. The topological polar surface area (TPSA) is 92.1 Å². The monoisotopic (exact) mass is 466 g/mol. The van der Waals surface area contributed by atoms with Crippen molar-refractivity contribution >= 4 is 29.3 Å². The smallest absolute Gasteiger partial charge is 0.410 e. The van der Waals surface area contributed by atoms with Crippen molar-refractivity contribution in [1.82, 2.24) is 19.3 Å². The summed E-state index contributed by atoms with van der Waals surface area (Å²) in [6.45, 7) is 14.0. The van der Waals surface area contributed by atoms with E-state index < -0.39 is 5.60 Å². The van der Waals surface area contributed by atoms with Gasteiger partial charge in [-0.05, 0) is 51.5 Å². The summed E-state index contributed by atoms with van der Waals surface area (Å²) in [5, 5.41) is 2.82. The SMILES string of the molecule is CC.Cc1ccc2nc(NC(=O)c3ccc(N4CCN(C(=O)OC(C)(C)C)CC4)nc3)cn2c1. The van der Waals surface area contributed by atoms with E-state index in [1.54, 1.807) is 23.4 Å². The minimum atomic E-state index is -0.506. The van der Waals surface area contributed by atoms with Crippen molar-refractivity contribution in [2.75, 3.05) is 36.4 Å². The van der Waals surface area contributed by atoms with E-state index in [0.717, 1.165) is 17.0 Å². The Morgan fingerprint density at radius 1 is 1.00 bits per heavy atom. The molecule has 0 aromatic carbocycles. The van der Waals surface area contributed by atoms with Crippen molar-refractivity contribution in [2.24, 2.45) is 0 Å². The predicted octanol–water partition coefficient (Wildman–Crippen LogP) is 4.37. The van der Waals surface area contributed by atoms with Crippen molar-refractivity contribution in [3.05, 3.63) is 54.0 Å². The summed E-state index contributed by atoms with van der Waals surface area (Å²) in [5.41, 5.74) is 1.83. The van der Waals surface area contributed by atoms with Gasteiger partial charge in [0.15, 0.2) is 5.82 Å². The van der Waals surface area contributed by atoms with Crippen LogP contribution in [0.3, 0.4) is 0 Å². The van der Waals surface area contributed by atoms with Gasteiger partial charge in [-0.15, -0.1) is 0 Å². The van der Waals surface area contributed by atoms with Crippen LogP contribution < -0.4 is 10.2 Å². The van der Waals surface area contributed by atoms with E-state index in [9.17, 15) is 9.59 Å². The molecule has 9 heteroatoms. The maximum Gasteiger partial charge on any atom is 0.410 e. The minimum Gasteiger partial charge on any atom is -0.444 e. The Labute approximate surface area is 200 Å². The number of pyridine rings is 2. The second-order valence-electron chi connectivity index (χ2n) is 8.91. The number of imidazole rings is 1. The maximum atomic E-state index is 12.6. The molecule has 4 rings (SSSR count). The summed E-state index contributed by atoms with van der Waals surface area (Å²) in [6.07, 6.45) is 5.01. The van der Waals surface area contributed by atoms with Gasteiger partial charge < -0.3 is 24.3 Å². The minimum absolute atomic E-state index is 0.265. The molecule has 0 saturated carbocycles. The number of carbonyl (C=O) groups is 2. The molecule has 0 unspecified atom stereocenters. The number of rotatable bonds is 3. The molecule has 0 radical (unpaired) electrons. The molecule has 1 aliphatic heterocycles. The fraction of sp³-hybridized carbons (Fsp3) is 0.440. The average molecular weight is 467 g/mol. The summed E-state index contributed by atoms with van der Waals surface area (Å²) < 4.78 is 7.31. The predicted molar refractivity (Wildman–Crippen MR) is 133 cm³/mol. The third-order valence-corrected chi connectivity index (χ3v) is 5.11. The quantitative estimate of drug-likeness (QED) is 0.616. The van der Waals surface area contributed by atoms with Crippen LogP contribution in [-0.4, -0.2) is 63.0 Å². The fourth-order valence-electron chi connectivity index (χ4n) is 3.50. The van der Waals surface area contributed by atoms with Gasteiger partial charge in [-0.2, -0.15) is 0 Å². The number of nitrogens with one attached hydrogen (secondary N) is 1. The number of hydrogen-bond acceptors (Lipinski definition) is 6. The van der Waals surface area contributed by atoms with Crippen LogP contribution in [0.4, 0.5) is 16.4 Å². The number of aromatic nitrogens is 3. The van der Waals surface area contributed by atoms with Crippen LogP contribution >= 0.6 is 0 Å². The molecule has 1 fully saturated rings. The molecule has 2 amide bonds. The van der Waals surface area contributed by atoms with Crippen LogP contribution in [0.2, 0.25) is 0 Å².